The van der Waals surface area contributed by atoms with Gasteiger partial charge in [-0.25, -0.2) is 0 Å². The second-order valence-electron chi connectivity index (χ2n) is 3.93. The topological polar surface area (TPSA) is 72.6 Å². The van der Waals surface area contributed by atoms with Gasteiger partial charge in [-0.05, 0) is 5.56 Å². The van der Waals surface area contributed by atoms with Crippen LogP contribution in [-0.2, 0) is 20.9 Å². The molecule has 0 spiro atoms. The monoisotopic (exact) mass is 264 g/mol. The SMILES string of the molecule is NC(=S)c1ccc(CN2C(=O)COCC2=O)cc1. The quantitative estimate of drug-likeness (QED) is 0.624. The fourth-order valence-corrected chi connectivity index (χ4v) is 1.79. The van der Waals surface area contributed by atoms with E-state index in [1.54, 1.807) is 24.3 Å². The number of hydrogen-bond donors (Lipinski definition) is 1. The third-order valence-corrected chi connectivity index (χ3v) is 2.87. The molecule has 2 rings (SSSR count). The number of ether oxygens (including phenoxy) is 1. The summed E-state index contributed by atoms with van der Waals surface area (Å²) in [5.41, 5.74) is 7.09. The summed E-state index contributed by atoms with van der Waals surface area (Å²) in [4.78, 5) is 24.6. The third-order valence-electron chi connectivity index (χ3n) is 2.63. The Balaban J connectivity index is 2.11. The van der Waals surface area contributed by atoms with Gasteiger partial charge in [0.1, 0.15) is 18.2 Å². The minimum absolute atomic E-state index is 0.0449. The Hall–Kier alpha value is -1.79. The lowest BCUT2D eigenvalue weighted by atomic mass is 10.1. The molecule has 1 aromatic rings. The Morgan fingerprint density at radius 1 is 1.22 bits per heavy atom. The molecule has 94 valence electrons. The van der Waals surface area contributed by atoms with Gasteiger partial charge in [0.25, 0.3) is 11.8 Å². The number of carbonyl (C=O) groups is 2. The molecule has 0 unspecified atom stereocenters. The van der Waals surface area contributed by atoms with E-state index in [0.29, 0.717) is 4.99 Å². The third kappa shape index (κ3) is 2.72. The minimum Gasteiger partial charge on any atom is -0.389 e. The van der Waals surface area contributed by atoms with Gasteiger partial charge in [-0.1, -0.05) is 36.5 Å². The van der Waals surface area contributed by atoms with Gasteiger partial charge in [-0.15, -0.1) is 0 Å². The molecule has 2 N–H and O–H groups in total. The van der Waals surface area contributed by atoms with E-state index in [2.05, 4.69) is 0 Å². The van der Waals surface area contributed by atoms with E-state index in [9.17, 15) is 9.59 Å². The van der Waals surface area contributed by atoms with Crippen molar-refractivity contribution >= 4 is 29.0 Å². The molecule has 1 saturated heterocycles. The zero-order chi connectivity index (χ0) is 13.1. The maximum atomic E-state index is 11.5. The molecular weight excluding hydrogens is 252 g/mol. The normalized spacial score (nSPS) is 15.9. The van der Waals surface area contributed by atoms with E-state index in [1.807, 2.05) is 0 Å². The summed E-state index contributed by atoms with van der Waals surface area (Å²) in [6.45, 7) is 0.159. The van der Waals surface area contributed by atoms with E-state index < -0.39 is 0 Å². The van der Waals surface area contributed by atoms with Gasteiger partial charge in [-0.2, -0.15) is 0 Å². The number of nitrogens with zero attached hydrogens (tertiary/aromatic N) is 1. The van der Waals surface area contributed by atoms with E-state index in [1.165, 1.54) is 4.90 Å². The lowest BCUT2D eigenvalue weighted by Gasteiger charge is -2.24. The van der Waals surface area contributed by atoms with Crippen LogP contribution in [0, 0.1) is 0 Å². The van der Waals surface area contributed by atoms with Crippen molar-refractivity contribution in [3.63, 3.8) is 0 Å². The van der Waals surface area contributed by atoms with Crippen molar-refractivity contribution in [2.75, 3.05) is 13.2 Å². The Morgan fingerprint density at radius 2 is 1.78 bits per heavy atom. The molecule has 0 aliphatic carbocycles. The van der Waals surface area contributed by atoms with Crippen LogP contribution in [0.1, 0.15) is 11.1 Å². The van der Waals surface area contributed by atoms with Gasteiger partial charge in [0, 0.05) is 5.56 Å². The highest BCUT2D eigenvalue weighted by Gasteiger charge is 2.26. The maximum absolute atomic E-state index is 11.5. The van der Waals surface area contributed by atoms with Crippen molar-refractivity contribution in [1.82, 2.24) is 4.90 Å². The Kier molecular flexibility index (Phi) is 3.69. The molecule has 1 heterocycles. The first-order valence-corrected chi connectivity index (χ1v) is 5.78. The van der Waals surface area contributed by atoms with Gasteiger partial charge in [0.15, 0.2) is 0 Å². The number of imide groups is 1. The number of morpholine rings is 1. The molecule has 1 aromatic carbocycles. The Morgan fingerprint density at radius 3 is 2.28 bits per heavy atom. The lowest BCUT2D eigenvalue weighted by Crippen LogP contribution is -2.45. The second-order valence-corrected chi connectivity index (χ2v) is 4.37. The molecule has 6 heteroatoms. The fourth-order valence-electron chi connectivity index (χ4n) is 1.65. The van der Waals surface area contributed by atoms with Crippen LogP contribution in [0.3, 0.4) is 0 Å². The fraction of sp³-hybridized carbons (Fsp3) is 0.250. The van der Waals surface area contributed by atoms with Crippen LogP contribution in [0.4, 0.5) is 0 Å². The first-order chi connectivity index (χ1) is 8.58. The minimum atomic E-state index is -0.315. The highest BCUT2D eigenvalue weighted by Crippen LogP contribution is 2.10. The van der Waals surface area contributed by atoms with E-state index in [-0.39, 0.29) is 31.6 Å². The molecule has 5 nitrogen and oxygen atoms in total. The largest absolute Gasteiger partial charge is 0.389 e. The van der Waals surface area contributed by atoms with Gasteiger partial charge in [-0.3, -0.25) is 14.5 Å². The van der Waals surface area contributed by atoms with Crippen LogP contribution in [-0.4, -0.2) is 34.9 Å². The van der Waals surface area contributed by atoms with Crippen LogP contribution in [0.25, 0.3) is 0 Å². The molecular formula is C12H12N2O3S. The van der Waals surface area contributed by atoms with Gasteiger partial charge in [0.05, 0.1) is 6.54 Å². The van der Waals surface area contributed by atoms with Gasteiger partial charge in [0.2, 0.25) is 0 Å². The standard InChI is InChI=1S/C12H12N2O3S/c13-12(18)9-3-1-8(2-4-9)5-14-10(15)6-17-7-11(14)16/h1-4H,5-7H2,(H2,13,18). The number of benzene rings is 1. The number of nitrogens with two attached hydrogens (primary N) is 1. The molecule has 1 aliphatic rings. The molecule has 1 aliphatic heterocycles. The summed E-state index contributed by atoms with van der Waals surface area (Å²) in [6, 6.07) is 7.13. The van der Waals surface area contributed by atoms with Crippen molar-refractivity contribution in [2.24, 2.45) is 5.73 Å². The van der Waals surface area contributed by atoms with E-state index in [4.69, 9.17) is 22.7 Å². The summed E-state index contributed by atoms with van der Waals surface area (Å²) < 4.78 is 4.84. The van der Waals surface area contributed by atoms with E-state index >= 15 is 0 Å². The molecule has 1 fully saturated rings. The predicted octanol–water partition coefficient (Wildman–Crippen LogP) is 0.206. The average molecular weight is 264 g/mol. The summed E-state index contributed by atoms with van der Waals surface area (Å²) >= 11 is 4.85. The molecule has 18 heavy (non-hydrogen) atoms. The number of hydrogen-bond acceptors (Lipinski definition) is 4. The van der Waals surface area contributed by atoms with Crippen molar-refractivity contribution in [1.29, 1.82) is 0 Å². The van der Waals surface area contributed by atoms with Crippen LogP contribution >= 0.6 is 12.2 Å². The number of rotatable bonds is 3. The van der Waals surface area contributed by atoms with Gasteiger partial charge < -0.3 is 10.5 Å². The first kappa shape index (κ1) is 12.7. The summed E-state index contributed by atoms with van der Waals surface area (Å²) in [7, 11) is 0. The predicted molar refractivity (Wildman–Crippen MR) is 68.7 cm³/mol. The Labute approximate surface area is 110 Å². The zero-order valence-electron chi connectivity index (χ0n) is 9.59. The first-order valence-electron chi connectivity index (χ1n) is 5.37. The summed E-state index contributed by atoms with van der Waals surface area (Å²) in [6.07, 6.45) is 0. The summed E-state index contributed by atoms with van der Waals surface area (Å²) in [5.74, 6) is -0.630. The van der Waals surface area contributed by atoms with Crippen molar-refractivity contribution < 1.29 is 14.3 Å². The molecule has 0 aromatic heterocycles. The lowest BCUT2D eigenvalue weighted by molar-refractivity contribution is -0.159. The smallest absolute Gasteiger partial charge is 0.255 e. The van der Waals surface area contributed by atoms with Crippen LogP contribution in [0.15, 0.2) is 24.3 Å². The maximum Gasteiger partial charge on any atom is 0.255 e. The highest BCUT2D eigenvalue weighted by atomic mass is 32.1. The molecule has 2 amide bonds. The molecule has 0 atom stereocenters. The Bertz CT molecular complexity index is 483. The van der Waals surface area contributed by atoms with E-state index in [0.717, 1.165) is 11.1 Å². The van der Waals surface area contributed by atoms with Crippen molar-refractivity contribution in [3.05, 3.63) is 35.4 Å². The van der Waals surface area contributed by atoms with Gasteiger partial charge >= 0.3 is 0 Å². The summed E-state index contributed by atoms with van der Waals surface area (Å²) in [5, 5.41) is 0. The number of carbonyl (C=O) groups excluding carboxylic acids is 2. The van der Waals surface area contributed by atoms with Crippen molar-refractivity contribution in [2.45, 2.75) is 6.54 Å². The number of thiocarbonyl (C=S) groups is 1. The van der Waals surface area contributed by atoms with Crippen molar-refractivity contribution in [3.8, 4) is 0 Å². The van der Waals surface area contributed by atoms with Crippen LogP contribution in [0.5, 0.6) is 0 Å². The molecule has 0 bridgehead atoms. The van der Waals surface area contributed by atoms with Crippen LogP contribution in [0.2, 0.25) is 0 Å². The average Bonchev–Trinajstić information content (AvgIpc) is 2.34. The highest BCUT2D eigenvalue weighted by molar-refractivity contribution is 7.80. The molecule has 0 radical (unpaired) electrons. The molecule has 0 saturated carbocycles. The second kappa shape index (κ2) is 5.24. The van der Waals surface area contributed by atoms with Crippen LogP contribution < -0.4 is 5.73 Å². The zero-order valence-corrected chi connectivity index (χ0v) is 10.4. The number of amides is 2.